The Morgan fingerprint density at radius 1 is 0.290 bits per heavy atom. The van der Waals surface area contributed by atoms with Gasteiger partial charge in [-0.15, -0.1) is 0 Å². The summed E-state index contributed by atoms with van der Waals surface area (Å²) in [5.41, 5.74) is 22.2. The van der Waals surface area contributed by atoms with E-state index in [1.807, 2.05) is 12.1 Å². The van der Waals surface area contributed by atoms with E-state index in [0.29, 0.717) is 0 Å². The lowest BCUT2D eigenvalue weighted by molar-refractivity contribution is 0.660. The first kappa shape index (κ1) is 40.5. The molecule has 0 unspecified atom stereocenters. The molecule has 69 heavy (non-hydrogen) atoms. The third-order valence-electron chi connectivity index (χ3n) is 14.5. The Hall–Kier alpha value is -8.72. The summed E-state index contributed by atoms with van der Waals surface area (Å²) >= 11 is 0. The summed E-state index contributed by atoms with van der Waals surface area (Å²) in [6.07, 6.45) is 0. The van der Waals surface area contributed by atoms with Crippen molar-refractivity contribution in [3.63, 3.8) is 0 Å². The molecule has 2 nitrogen and oxygen atoms in total. The summed E-state index contributed by atoms with van der Waals surface area (Å²) in [5, 5.41) is 4.81. The third-order valence-corrected chi connectivity index (χ3v) is 14.5. The zero-order valence-corrected chi connectivity index (χ0v) is 38.5. The first-order chi connectivity index (χ1) is 33.9. The van der Waals surface area contributed by atoms with Crippen LogP contribution in [0.25, 0.3) is 99.5 Å². The van der Waals surface area contributed by atoms with Crippen molar-refractivity contribution in [2.75, 3.05) is 4.90 Å². The van der Waals surface area contributed by atoms with Crippen LogP contribution in [0.5, 0.6) is 0 Å². The minimum Gasteiger partial charge on any atom is -0.456 e. The topological polar surface area (TPSA) is 16.4 Å². The molecule has 0 saturated carbocycles. The van der Waals surface area contributed by atoms with Gasteiger partial charge in [0.25, 0.3) is 0 Å². The fraction of sp³-hybridized carbons (Fsp3) is 0.0448. The van der Waals surface area contributed by atoms with Gasteiger partial charge in [0.05, 0.1) is 0 Å². The van der Waals surface area contributed by atoms with Gasteiger partial charge in [0, 0.05) is 33.2 Å². The predicted octanol–water partition coefficient (Wildman–Crippen LogP) is 18.9. The second kappa shape index (κ2) is 16.3. The van der Waals surface area contributed by atoms with Crippen LogP contribution in [-0.2, 0) is 5.41 Å². The molecule has 0 saturated heterocycles. The van der Waals surface area contributed by atoms with Crippen LogP contribution in [0.1, 0.15) is 25.0 Å². The third kappa shape index (κ3) is 7.12. The maximum absolute atomic E-state index is 6.22. The van der Waals surface area contributed by atoms with Crippen molar-refractivity contribution in [3.05, 3.63) is 260 Å². The number of hydrogen-bond donors (Lipinski definition) is 0. The first-order valence-corrected chi connectivity index (χ1v) is 23.9. The summed E-state index contributed by atoms with van der Waals surface area (Å²) < 4.78 is 6.22. The Morgan fingerprint density at radius 3 is 1.36 bits per heavy atom. The number of anilines is 3. The lowest BCUT2D eigenvalue weighted by atomic mass is 9.81. The molecule has 1 aliphatic carbocycles. The highest BCUT2D eigenvalue weighted by Gasteiger charge is 2.36. The van der Waals surface area contributed by atoms with Crippen molar-refractivity contribution >= 4 is 49.8 Å². The Bertz CT molecular complexity index is 3880. The monoisotopic (exact) mass is 881 g/mol. The summed E-state index contributed by atoms with van der Waals surface area (Å²) in [5.74, 6) is 0. The van der Waals surface area contributed by atoms with E-state index in [1.54, 1.807) is 0 Å². The van der Waals surface area contributed by atoms with Crippen LogP contribution < -0.4 is 4.90 Å². The standard InChI is InChI=1S/C67H47NO/c1-67(2)63-41-54(53-25-24-45-12-6-7-13-52(45)40-53)30-37-59(63)60-39-36-58(43-64(60)67)68(56-32-26-49(27-33-56)47-18-16-46(17-19-47)44-10-4-3-5-11-44)57-34-28-50(29-35-57)48-20-22-51(23-21-48)55-31-38-62-61-14-8-9-15-65(61)69-66(62)42-55/h3-43H,1-2H3. The number of hydrogen-bond acceptors (Lipinski definition) is 2. The smallest absolute Gasteiger partial charge is 0.136 e. The molecule has 11 aromatic carbocycles. The summed E-state index contributed by atoms with van der Waals surface area (Å²) in [4.78, 5) is 2.41. The van der Waals surface area contributed by atoms with Crippen molar-refractivity contribution in [1.82, 2.24) is 0 Å². The number of para-hydroxylation sites is 1. The highest BCUT2D eigenvalue weighted by atomic mass is 16.3. The number of benzene rings is 11. The molecule has 326 valence electrons. The van der Waals surface area contributed by atoms with Gasteiger partial charge >= 0.3 is 0 Å². The van der Waals surface area contributed by atoms with Crippen LogP contribution in [-0.4, -0.2) is 0 Å². The second-order valence-electron chi connectivity index (χ2n) is 18.9. The largest absolute Gasteiger partial charge is 0.456 e. The number of nitrogens with zero attached hydrogens (tertiary/aromatic N) is 1. The molecular weight excluding hydrogens is 835 g/mol. The minimum atomic E-state index is -0.206. The van der Waals surface area contributed by atoms with Crippen molar-refractivity contribution < 1.29 is 4.42 Å². The zero-order chi connectivity index (χ0) is 46.1. The van der Waals surface area contributed by atoms with E-state index in [-0.39, 0.29) is 5.41 Å². The van der Waals surface area contributed by atoms with E-state index in [9.17, 15) is 0 Å². The Labute approximate surface area is 403 Å². The molecule has 0 bridgehead atoms. The van der Waals surface area contributed by atoms with Crippen LogP contribution >= 0.6 is 0 Å². The van der Waals surface area contributed by atoms with Crippen LogP contribution in [0, 0.1) is 0 Å². The van der Waals surface area contributed by atoms with Crippen molar-refractivity contribution in [1.29, 1.82) is 0 Å². The molecule has 13 rings (SSSR count). The van der Waals surface area contributed by atoms with Crippen molar-refractivity contribution in [3.8, 4) is 66.8 Å². The van der Waals surface area contributed by atoms with E-state index >= 15 is 0 Å². The van der Waals surface area contributed by atoms with E-state index in [4.69, 9.17) is 4.42 Å². The maximum atomic E-state index is 6.22. The van der Waals surface area contributed by atoms with Gasteiger partial charge in [0.2, 0.25) is 0 Å². The fourth-order valence-corrected chi connectivity index (χ4v) is 10.7. The zero-order valence-electron chi connectivity index (χ0n) is 38.5. The van der Waals surface area contributed by atoms with Crippen LogP contribution in [0.2, 0.25) is 0 Å². The lowest BCUT2D eigenvalue weighted by Gasteiger charge is -2.28. The van der Waals surface area contributed by atoms with E-state index in [0.717, 1.165) is 50.1 Å². The summed E-state index contributed by atoms with van der Waals surface area (Å²) in [6, 6.07) is 90.7. The SMILES string of the molecule is CC1(C)c2cc(-c3ccc4ccccc4c3)ccc2-c2ccc(N(c3ccc(-c4ccc(-c5ccccc5)cc4)cc3)c3ccc(-c4ccc(-c5ccc6c(c5)oc5ccccc56)cc4)cc3)cc21. The van der Waals surface area contributed by atoms with Crippen molar-refractivity contribution in [2.24, 2.45) is 0 Å². The highest BCUT2D eigenvalue weighted by molar-refractivity contribution is 6.06. The molecule has 0 atom stereocenters. The maximum Gasteiger partial charge on any atom is 0.136 e. The molecular formula is C67H47NO. The quantitative estimate of drug-likeness (QED) is 0.151. The molecule has 12 aromatic rings. The molecule has 0 radical (unpaired) electrons. The lowest BCUT2D eigenvalue weighted by Crippen LogP contribution is -2.16. The molecule has 1 heterocycles. The van der Waals surface area contributed by atoms with Gasteiger partial charge in [-0.3, -0.25) is 0 Å². The average Bonchev–Trinajstić information content (AvgIpc) is 3.90. The molecule has 0 fully saturated rings. The van der Waals surface area contributed by atoms with Gasteiger partial charge in [-0.1, -0.05) is 196 Å². The number of rotatable bonds is 8. The van der Waals surface area contributed by atoms with Gasteiger partial charge < -0.3 is 9.32 Å². The highest BCUT2D eigenvalue weighted by Crippen LogP contribution is 2.52. The molecule has 0 amide bonds. The Morgan fingerprint density at radius 2 is 0.710 bits per heavy atom. The first-order valence-electron chi connectivity index (χ1n) is 23.9. The Kier molecular flexibility index (Phi) is 9.55. The van der Waals surface area contributed by atoms with E-state index in [2.05, 4.69) is 255 Å². The second-order valence-corrected chi connectivity index (χ2v) is 18.9. The number of furan rings is 1. The predicted molar refractivity (Wildman–Crippen MR) is 291 cm³/mol. The van der Waals surface area contributed by atoms with Gasteiger partial charge in [0.15, 0.2) is 0 Å². The normalized spacial score (nSPS) is 12.6. The molecule has 0 N–H and O–H groups in total. The van der Waals surface area contributed by atoms with Gasteiger partial charge in [-0.05, 0) is 155 Å². The Balaban J connectivity index is 0.838. The summed E-state index contributed by atoms with van der Waals surface area (Å²) in [7, 11) is 0. The number of fused-ring (bicyclic) bond motifs is 7. The molecule has 1 aliphatic rings. The van der Waals surface area contributed by atoms with Crippen molar-refractivity contribution in [2.45, 2.75) is 19.3 Å². The van der Waals surface area contributed by atoms with Crippen LogP contribution in [0.4, 0.5) is 17.1 Å². The van der Waals surface area contributed by atoms with Crippen LogP contribution in [0.3, 0.4) is 0 Å². The molecule has 2 heteroatoms. The average molecular weight is 882 g/mol. The van der Waals surface area contributed by atoms with Gasteiger partial charge in [0.1, 0.15) is 11.2 Å². The summed E-state index contributed by atoms with van der Waals surface area (Å²) in [6.45, 7) is 4.76. The van der Waals surface area contributed by atoms with E-state index in [1.165, 1.54) is 77.5 Å². The molecule has 1 aromatic heterocycles. The minimum absolute atomic E-state index is 0.206. The van der Waals surface area contributed by atoms with E-state index < -0.39 is 0 Å². The fourth-order valence-electron chi connectivity index (χ4n) is 10.7. The molecule has 0 spiro atoms. The van der Waals surface area contributed by atoms with Gasteiger partial charge in [-0.2, -0.15) is 0 Å². The van der Waals surface area contributed by atoms with Gasteiger partial charge in [-0.25, -0.2) is 0 Å². The van der Waals surface area contributed by atoms with Crippen LogP contribution in [0.15, 0.2) is 253 Å². The molecule has 0 aliphatic heterocycles.